The maximum Gasteiger partial charge on any atom is 0.320 e. The summed E-state index contributed by atoms with van der Waals surface area (Å²) in [6.45, 7) is 5.12. The Bertz CT molecular complexity index is 244. The number of rotatable bonds is 4. The molecular weight excluding hydrogens is 228 g/mol. The number of carbonyl (C=O) groups excluding carboxylic acids is 1. The summed E-state index contributed by atoms with van der Waals surface area (Å²) in [7, 11) is 0. The number of hydrogen-bond donors (Lipinski definition) is 1. The minimum absolute atomic E-state index is 0.0394. The second-order valence-corrected chi connectivity index (χ2v) is 5.57. The van der Waals surface area contributed by atoms with Gasteiger partial charge in [0.15, 0.2) is 0 Å². The van der Waals surface area contributed by atoms with Crippen molar-refractivity contribution in [1.82, 2.24) is 10.2 Å². The first-order valence-electron chi connectivity index (χ1n) is 7.43. The molecule has 1 saturated heterocycles. The second-order valence-electron chi connectivity index (χ2n) is 5.57. The maximum atomic E-state index is 11.8. The van der Waals surface area contributed by atoms with Crippen LogP contribution in [-0.4, -0.2) is 50.2 Å². The molecule has 0 atom stereocenters. The van der Waals surface area contributed by atoms with Crippen LogP contribution in [0.4, 0.5) is 0 Å². The van der Waals surface area contributed by atoms with Crippen molar-refractivity contribution in [2.75, 3.05) is 39.3 Å². The van der Waals surface area contributed by atoms with Crippen LogP contribution < -0.4 is 5.32 Å². The average molecular weight is 254 g/mol. The number of hydrogen-bond acceptors (Lipinski definition) is 4. The highest BCUT2D eigenvalue weighted by atomic mass is 16.5. The van der Waals surface area contributed by atoms with Crippen LogP contribution in [0.1, 0.15) is 38.5 Å². The van der Waals surface area contributed by atoms with Gasteiger partial charge in [0, 0.05) is 13.1 Å². The molecule has 1 aliphatic heterocycles. The number of nitrogens with zero attached hydrogens (tertiary/aromatic N) is 1. The van der Waals surface area contributed by atoms with Gasteiger partial charge < -0.3 is 10.1 Å². The fourth-order valence-electron chi connectivity index (χ4n) is 2.85. The van der Waals surface area contributed by atoms with Crippen molar-refractivity contribution in [3.8, 4) is 0 Å². The van der Waals surface area contributed by atoms with Crippen LogP contribution >= 0.6 is 0 Å². The first-order valence-corrected chi connectivity index (χ1v) is 7.43. The molecule has 1 heterocycles. The SMILES string of the molecule is O=C(CN1CCCNCC1)OCC1CCCCC1. The zero-order valence-electron chi connectivity index (χ0n) is 11.3. The number of ether oxygens (including phenoxy) is 1. The van der Waals surface area contributed by atoms with E-state index in [0.717, 1.165) is 32.6 Å². The molecule has 0 aromatic carbocycles. The Kier molecular flexibility index (Phi) is 5.94. The number of carbonyl (C=O) groups is 1. The lowest BCUT2D eigenvalue weighted by atomic mass is 9.90. The molecule has 18 heavy (non-hydrogen) atoms. The molecular formula is C14H26N2O2. The lowest BCUT2D eigenvalue weighted by Gasteiger charge is -2.22. The molecule has 0 bridgehead atoms. The number of nitrogens with one attached hydrogen (secondary N) is 1. The van der Waals surface area contributed by atoms with Crippen LogP contribution in [0.5, 0.6) is 0 Å². The van der Waals surface area contributed by atoms with Crippen LogP contribution in [0.25, 0.3) is 0 Å². The highest BCUT2D eigenvalue weighted by Gasteiger charge is 2.17. The number of esters is 1. The lowest BCUT2D eigenvalue weighted by Crippen LogP contribution is -2.34. The summed E-state index contributed by atoms with van der Waals surface area (Å²) >= 11 is 0. The Morgan fingerprint density at radius 1 is 1.11 bits per heavy atom. The van der Waals surface area contributed by atoms with E-state index >= 15 is 0 Å². The standard InChI is InChI=1S/C14H26N2O2/c17-14(11-16-9-4-7-15-8-10-16)18-12-13-5-2-1-3-6-13/h13,15H,1-12H2. The third-order valence-corrected chi connectivity index (χ3v) is 3.99. The molecule has 2 rings (SSSR count). The predicted molar refractivity (Wildman–Crippen MR) is 71.5 cm³/mol. The fourth-order valence-corrected chi connectivity index (χ4v) is 2.85. The molecule has 4 nitrogen and oxygen atoms in total. The molecule has 0 unspecified atom stereocenters. The Hall–Kier alpha value is -0.610. The Morgan fingerprint density at radius 2 is 1.94 bits per heavy atom. The van der Waals surface area contributed by atoms with Gasteiger partial charge in [-0.25, -0.2) is 0 Å². The minimum Gasteiger partial charge on any atom is -0.464 e. The first kappa shape index (κ1) is 13.8. The van der Waals surface area contributed by atoms with E-state index in [4.69, 9.17) is 4.74 Å². The van der Waals surface area contributed by atoms with E-state index in [9.17, 15) is 4.79 Å². The van der Waals surface area contributed by atoms with E-state index in [0.29, 0.717) is 19.1 Å². The van der Waals surface area contributed by atoms with Crippen molar-refractivity contribution in [1.29, 1.82) is 0 Å². The fraction of sp³-hybridized carbons (Fsp3) is 0.929. The van der Waals surface area contributed by atoms with Crippen molar-refractivity contribution in [2.24, 2.45) is 5.92 Å². The van der Waals surface area contributed by atoms with Crippen LogP contribution in [0.15, 0.2) is 0 Å². The molecule has 1 N–H and O–H groups in total. The van der Waals surface area contributed by atoms with Crippen LogP contribution in [0.3, 0.4) is 0 Å². The third kappa shape index (κ3) is 4.94. The monoisotopic (exact) mass is 254 g/mol. The molecule has 2 aliphatic rings. The van der Waals surface area contributed by atoms with E-state index in [2.05, 4.69) is 10.2 Å². The van der Waals surface area contributed by atoms with Gasteiger partial charge in [-0.2, -0.15) is 0 Å². The van der Waals surface area contributed by atoms with Crippen molar-refractivity contribution in [2.45, 2.75) is 38.5 Å². The zero-order valence-corrected chi connectivity index (χ0v) is 11.3. The van der Waals surface area contributed by atoms with Gasteiger partial charge in [0.05, 0.1) is 13.2 Å². The first-order chi connectivity index (χ1) is 8.84. The van der Waals surface area contributed by atoms with E-state index in [1.807, 2.05) is 0 Å². The molecule has 104 valence electrons. The van der Waals surface area contributed by atoms with Crippen LogP contribution in [0.2, 0.25) is 0 Å². The van der Waals surface area contributed by atoms with Gasteiger partial charge in [0.1, 0.15) is 0 Å². The molecule has 1 aliphatic carbocycles. The summed E-state index contributed by atoms with van der Waals surface area (Å²) in [5.74, 6) is 0.580. The van der Waals surface area contributed by atoms with E-state index in [-0.39, 0.29) is 5.97 Å². The topological polar surface area (TPSA) is 41.6 Å². The summed E-state index contributed by atoms with van der Waals surface area (Å²) in [6.07, 6.45) is 7.56. The molecule has 0 spiro atoms. The average Bonchev–Trinajstić information content (AvgIpc) is 2.66. The summed E-state index contributed by atoms with van der Waals surface area (Å²) in [4.78, 5) is 14.0. The van der Waals surface area contributed by atoms with Gasteiger partial charge in [-0.1, -0.05) is 19.3 Å². The molecule has 0 radical (unpaired) electrons. The molecule has 1 saturated carbocycles. The molecule has 0 aromatic heterocycles. The third-order valence-electron chi connectivity index (χ3n) is 3.99. The Labute approximate surface area is 110 Å². The van der Waals surface area contributed by atoms with Crippen LogP contribution in [0, 0.1) is 5.92 Å². The zero-order chi connectivity index (χ0) is 12.6. The molecule has 0 amide bonds. The normalized spacial score (nSPS) is 23.6. The van der Waals surface area contributed by atoms with Gasteiger partial charge in [-0.05, 0) is 38.3 Å². The molecule has 4 heteroatoms. The molecule has 0 aromatic rings. The van der Waals surface area contributed by atoms with E-state index in [1.54, 1.807) is 0 Å². The summed E-state index contributed by atoms with van der Waals surface area (Å²) in [5.41, 5.74) is 0. The lowest BCUT2D eigenvalue weighted by molar-refractivity contribution is -0.146. The largest absolute Gasteiger partial charge is 0.464 e. The van der Waals surface area contributed by atoms with Gasteiger partial charge in [-0.3, -0.25) is 9.69 Å². The van der Waals surface area contributed by atoms with Crippen LogP contribution in [-0.2, 0) is 9.53 Å². The highest BCUT2D eigenvalue weighted by Crippen LogP contribution is 2.23. The maximum absolute atomic E-state index is 11.8. The van der Waals surface area contributed by atoms with Crippen molar-refractivity contribution in [3.63, 3.8) is 0 Å². The van der Waals surface area contributed by atoms with Crippen molar-refractivity contribution < 1.29 is 9.53 Å². The Morgan fingerprint density at radius 3 is 2.78 bits per heavy atom. The smallest absolute Gasteiger partial charge is 0.320 e. The summed E-state index contributed by atoms with van der Waals surface area (Å²) in [6, 6.07) is 0. The summed E-state index contributed by atoms with van der Waals surface area (Å²) in [5, 5.41) is 3.34. The van der Waals surface area contributed by atoms with Gasteiger partial charge in [-0.15, -0.1) is 0 Å². The van der Waals surface area contributed by atoms with Gasteiger partial charge in [0.2, 0.25) is 0 Å². The predicted octanol–water partition coefficient (Wildman–Crippen LogP) is 1.41. The van der Waals surface area contributed by atoms with Crippen molar-refractivity contribution >= 4 is 5.97 Å². The van der Waals surface area contributed by atoms with E-state index < -0.39 is 0 Å². The van der Waals surface area contributed by atoms with Crippen molar-refractivity contribution in [3.05, 3.63) is 0 Å². The molecule has 2 fully saturated rings. The quantitative estimate of drug-likeness (QED) is 0.770. The Balaban J connectivity index is 1.61. The summed E-state index contributed by atoms with van der Waals surface area (Å²) < 4.78 is 5.42. The van der Waals surface area contributed by atoms with E-state index in [1.165, 1.54) is 32.1 Å². The second kappa shape index (κ2) is 7.74. The van der Waals surface area contributed by atoms with Gasteiger partial charge in [0.25, 0.3) is 0 Å². The van der Waals surface area contributed by atoms with Gasteiger partial charge >= 0.3 is 5.97 Å². The highest BCUT2D eigenvalue weighted by molar-refractivity contribution is 5.71. The minimum atomic E-state index is -0.0394.